The van der Waals surface area contributed by atoms with Crippen molar-refractivity contribution in [2.45, 2.75) is 99.4 Å². The summed E-state index contributed by atoms with van der Waals surface area (Å²) < 4.78 is 29.9. The van der Waals surface area contributed by atoms with E-state index in [1.807, 2.05) is 19.9 Å². The molecule has 0 spiro atoms. The van der Waals surface area contributed by atoms with E-state index in [9.17, 15) is 29.4 Å². The molecule has 0 saturated heterocycles. The number of aliphatic hydroxyl groups is 2. The molecule has 4 aliphatic rings. The highest BCUT2D eigenvalue weighted by molar-refractivity contribution is 6.34. The molecule has 1 aliphatic carbocycles. The first-order valence-corrected chi connectivity index (χ1v) is 22.6. The van der Waals surface area contributed by atoms with Crippen LogP contribution in [0.25, 0.3) is 0 Å². The Morgan fingerprint density at radius 2 is 1.51 bits per heavy atom. The highest BCUT2D eigenvalue weighted by atomic mass is 35.5. The van der Waals surface area contributed by atoms with Gasteiger partial charge in [-0.1, -0.05) is 75.7 Å². The summed E-state index contributed by atoms with van der Waals surface area (Å²) >= 11 is 6.40. The predicted octanol–water partition coefficient (Wildman–Crippen LogP) is 7.85. The van der Waals surface area contributed by atoms with Gasteiger partial charge in [0.05, 0.1) is 51.9 Å². The number of fused-ring (bicyclic) bond motifs is 14. The molecule has 3 aliphatic heterocycles. The quantitative estimate of drug-likeness (QED) is 0.137. The number of amides is 1. The maximum absolute atomic E-state index is 15.3. The smallest absolute Gasteiger partial charge is 0.345 e. The number of benzene rings is 3. The Hall–Kier alpha value is -6.39. The minimum atomic E-state index is -2.20. The number of carbonyl (C=O) groups is 6. The normalized spacial score (nSPS) is 28.4. The Labute approximate surface area is 400 Å². The van der Waals surface area contributed by atoms with Crippen molar-refractivity contribution in [3.8, 4) is 11.5 Å². The predicted molar refractivity (Wildman–Crippen MR) is 252 cm³/mol. The lowest BCUT2D eigenvalue weighted by molar-refractivity contribution is -0.160. The second-order valence-electron chi connectivity index (χ2n) is 17.9. The third-order valence-corrected chi connectivity index (χ3v) is 13.0. The maximum atomic E-state index is 15.3. The molecule has 360 valence electrons. The average Bonchev–Trinajstić information content (AvgIpc) is 3.55. The highest BCUT2D eigenvalue weighted by Crippen LogP contribution is 2.49. The Morgan fingerprint density at radius 3 is 2.15 bits per heavy atom. The van der Waals surface area contributed by atoms with Gasteiger partial charge in [-0.2, -0.15) is 0 Å². The lowest BCUT2D eigenvalue weighted by atomic mass is 9.78. The van der Waals surface area contributed by atoms with Crippen molar-refractivity contribution < 1.29 is 62.7 Å². The first kappa shape index (κ1) is 51.0. The molecule has 0 unspecified atom stereocenters. The first-order valence-electron chi connectivity index (χ1n) is 22.2. The molecule has 0 radical (unpaired) electrons. The zero-order chi connectivity index (χ0) is 50.1. The monoisotopic (exact) mass is 952 g/mol. The van der Waals surface area contributed by atoms with Gasteiger partial charge in [0.25, 0.3) is 11.7 Å². The number of carbonyl (C=O) groups excluding carboxylic acids is 6. The molecule has 0 aromatic heterocycles. The summed E-state index contributed by atoms with van der Waals surface area (Å²) in [5.74, 6) is -10.7. The summed E-state index contributed by atoms with van der Waals surface area (Å²) in [6, 6.07) is 11.4. The van der Waals surface area contributed by atoms with E-state index in [1.165, 1.54) is 59.1 Å². The van der Waals surface area contributed by atoms with Crippen LogP contribution >= 0.6 is 11.6 Å². The second-order valence-corrected chi connectivity index (χ2v) is 18.3. The number of rotatable bonds is 6. The molecule has 7 rings (SSSR count). The molecule has 3 heterocycles. The Kier molecular flexibility index (Phi) is 15.3. The average molecular weight is 953 g/mol. The number of halogens is 1. The van der Waals surface area contributed by atoms with E-state index in [0.717, 1.165) is 17.4 Å². The van der Waals surface area contributed by atoms with Gasteiger partial charge >= 0.3 is 17.7 Å². The van der Waals surface area contributed by atoms with Crippen molar-refractivity contribution in [1.82, 2.24) is 5.32 Å². The number of anilines is 1. The van der Waals surface area contributed by atoms with E-state index in [2.05, 4.69) is 10.6 Å². The molecular weight excluding hydrogens is 896 g/mol. The highest BCUT2D eigenvalue weighted by Gasteiger charge is 2.53. The van der Waals surface area contributed by atoms with Crippen LogP contribution in [-0.2, 0) is 23.8 Å². The van der Waals surface area contributed by atoms with Gasteiger partial charge < -0.3 is 44.5 Å². The third kappa shape index (κ3) is 10.1. The minimum absolute atomic E-state index is 0.0289. The lowest BCUT2D eigenvalue weighted by Gasteiger charge is -2.38. The van der Waals surface area contributed by atoms with Gasteiger partial charge in [0, 0.05) is 61.5 Å². The Morgan fingerprint density at radius 1 is 0.853 bits per heavy atom. The molecule has 0 fully saturated rings. The summed E-state index contributed by atoms with van der Waals surface area (Å²) in [7, 11) is 1.41. The standard InChI is InChI=1S/C52H57ClN2O13/c1-24-21-25(2)23-33(22-24)54-40-41-45(60)38-37(44(40)59)39-48(31(8)47(38)67-51(63)34-17-12-13-18-35(34)53)68-52(10,49(39)61)65-20-19-36(64-11)28(5)46(66-32(9)56)30(7)43(58)29(6)42(57)26(3)15-14-16-27(4)50(62)55-41/h12-23,26,28-30,36,42-43,46,54,57-58H,1-11H3,(H,55,62)/b15-14+,20-19+,27-16-/t26-,28+,29+,30-,36-,42-,43-,46+,52-/m0/s1. The molecule has 3 aromatic rings. The summed E-state index contributed by atoms with van der Waals surface area (Å²) in [6.07, 6.45) is 3.14. The number of methoxy groups -OCH3 is 1. The van der Waals surface area contributed by atoms with Gasteiger partial charge in [-0.15, -0.1) is 0 Å². The van der Waals surface area contributed by atoms with Crippen LogP contribution in [-0.4, -0.2) is 82.7 Å². The number of aliphatic hydroxyl groups excluding tert-OH is 2. The van der Waals surface area contributed by atoms with Crippen LogP contribution in [0.2, 0.25) is 5.02 Å². The van der Waals surface area contributed by atoms with Crippen molar-refractivity contribution in [1.29, 1.82) is 0 Å². The molecule has 9 atom stereocenters. The van der Waals surface area contributed by atoms with Crippen LogP contribution in [0.5, 0.6) is 11.5 Å². The fourth-order valence-corrected chi connectivity index (χ4v) is 9.10. The summed E-state index contributed by atoms with van der Waals surface area (Å²) in [6.45, 7) is 16.0. The Balaban J connectivity index is 1.59. The molecule has 4 N–H and O–H groups in total. The van der Waals surface area contributed by atoms with Crippen LogP contribution < -0.4 is 20.1 Å². The molecular formula is C52H57ClN2O13. The molecule has 0 saturated carbocycles. The number of ether oxygens (including phenoxy) is 5. The molecule has 16 heteroatoms. The van der Waals surface area contributed by atoms with E-state index >= 15 is 9.59 Å². The van der Waals surface area contributed by atoms with E-state index in [1.54, 1.807) is 64.1 Å². The van der Waals surface area contributed by atoms with Gasteiger partial charge in [0.15, 0.2) is 0 Å². The number of esters is 2. The summed E-state index contributed by atoms with van der Waals surface area (Å²) in [5.41, 5.74) is -0.245. The molecule has 1 amide bonds. The summed E-state index contributed by atoms with van der Waals surface area (Å²) in [4.78, 5) is 85.9. The number of hydrogen-bond acceptors (Lipinski definition) is 14. The van der Waals surface area contributed by atoms with Crippen LogP contribution in [0.1, 0.15) is 107 Å². The number of nitrogens with one attached hydrogen (secondary N) is 2. The number of ketones is 3. The number of allylic oxidation sites excluding steroid dienone is 4. The van der Waals surface area contributed by atoms with Crippen molar-refractivity contribution in [3.63, 3.8) is 0 Å². The van der Waals surface area contributed by atoms with Gasteiger partial charge in [0.2, 0.25) is 11.6 Å². The molecule has 3 aromatic carbocycles. The second kappa shape index (κ2) is 20.5. The van der Waals surface area contributed by atoms with Gasteiger partial charge in [-0.3, -0.25) is 24.0 Å². The van der Waals surface area contributed by atoms with Crippen LogP contribution in [0.3, 0.4) is 0 Å². The van der Waals surface area contributed by atoms with E-state index in [-0.39, 0.29) is 33.0 Å². The zero-order valence-corrected chi connectivity index (χ0v) is 40.6. The third-order valence-electron chi connectivity index (χ3n) is 12.7. The van der Waals surface area contributed by atoms with Crippen molar-refractivity contribution in [2.75, 3.05) is 12.4 Å². The van der Waals surface area contributed by atoms with E-state index in [0.29, 0.717) is 5.69 Å². The fraction of sp³-hybridized carbons (Fsp3) is 0.385. The van der Waals surface area contributed by atoms with Crippen LogP contribution in [0, 0.1) is 44.4 Å². The maximum Gasteiger partial charge on any atom is 0.345 e. The first-order chi connectivity index (χ1) is 32.0. The Bertz CT molecular complexity index is 2680. The largest absolute Gasteiger partial charge is 0.462 e. The van der Waals surface area contributed by atoms with Crippen LogP contribution in [0.15, 0.2) is 90.0 Å². The number of hydrogen-bond donors (Lipinski definition) is 4. The van der Waals surface area contributed by atoms with Gasteiger partial charge in [-0.05, 0) is 69.2 Å². The van der Waals surface area contributed by atoms with Gasteiger partial charge in [0.1, 0.15) is 29.0 Å². The SMILES string of the molecule is CO[C@H]1/C=C/O[C@@]2(C)Oc3c(C)c(OC(=O)c4ccccc4Cl)c4c(c3C2=O)C(=O)C(Nc2cc(C)cc(C)c2)=C(NC(=O)/C(C)=C\C=C\[C@H](C)[C@H](O)[C@@H](C)[C@H](O)[C@H](C)[C@H](OC(C)=O)[C@@H]1C)C4=O. The molecule has 15 nitrogen and oxygen atoms in total. The fourth-order valence-electron chi connectivity index (χ4n) is 8.89. The molecule has 68 heavy (non-hydrogen) atoms. The zero-order valence-electron chi connectivity index (χ0n) is 39.8. The lowest BCUT2D eigenvalue weighted by Crippen LogP contribution is -2.46. The van der Waals surface area contributed by atoms with Crippen molar-refractivity contribution in [2.24, 2.45) is 23.7 Å². The van der Waals surface area contributed by atoms with Gasteiger partial charge in [-0.25, -0.2) is 4.79 Å². The number of Topliss-reactive ketones (excluding diaryl/α,β-unsaturated/α-hetero) is 3. The summed E-state index contributed by atoms with van der Waals surface area (Å²) in [5, 5.41) is 28.8. The minimum Gasteiger partial charge on any atom is -0.462 e. The molecule has 5 bridgehead atoms. The topological polar surface area (TPSA) is 213 Å². The van der Waals surface area contributed by atoms with Crippen LogP contribution in [0.4, 0.5) is 5.69 Å². The van der Waals surface area contributed by atoms with Crippen molar-refractivity contribution >= 4 is 52.5 Å². The van der Waals surface area contributed by atoms with Crippen molar-refractivity contribution in [3.05, 3.63) is 134 Å². The van der Waals surface area contributed by atoms with E-state index in [4.69, 9.17) is 35.3 Å². The number of aryl methyl sites for hydroxylation is 2. The van der Waals surface area contributed by atoms with E-state index < -0.39 is 117 Å².